The topological polar surface area (TPSA) is 116 Å². The maximum atomic E-state index is 15.5. The molecule has 6 atom stereocenters. The number of hydrogen-bond acceptors (Lipinski definition) is 8. The Balaban J connectivity index is 1.26. The van der Waals surface area contributed by atoms with Gasteiger partial charge in [-0.05, 0) is 71.5 Å². The van der Waals surface area contributed by atoms with Gasteiger partial charge in [-0.25, -0.2) is 0 Å². The van der Waals surface area contributed by atoms with Crippen molar-refractivity contribution in [2.24, 2.45) is 23.7 Å². The number of anilines is 1. The van der Waals surface area contributed by atoms with E-state index in [1.54, 1.807) is 43.5 Å². The first-order chi connectivity index (χ1) is 26.1. The van der Waals surface area contributed by atoms with E-state index in [9.17, 15) is 14.7 Å². The number of methoxy groups -OCH3 is 1. The molecule has 272 valence electrons. The maximum Gasteiger partial charge on any atom is 0.260 e. The zero-order valence-electron chi connectivity index (χ0n) is 28.9. The smallest absolute Gasteiger partial charge is 0.260 e. The summed E-state index contributed by atoms with van der Waals surface area (Å²) in [6, 6.07) is 26.7. The molecule has 4 aromatic carbocycles. The second-order valence-electron chi connectivity index (χ2n) is 14.3. The first-order valence-corrected chi connectivity index (χ1v) is 19.3. The standard InChI is InChI=1S/C42H33Cl2N3O6S/c1-53-25-12-9-23(10-13-25)42-32(39(50)47(41(42)52)45-34-17-11-24(43)19-33(34)44)20-31-28(36(42)30-14-8-22-5-2-3-7-27(22)37(30)48)15-16-29-35(31)40(51)46(38(29)49)21-26-6-4-18-54-26/h2-15,17-19,29,31-32,35-36,45,48H,16,20-21H2,1H3. The number of allylic oxidation sites excluding steroid dienone is 2. The Morgan fingerprint density at radius 1 is 0.907 bits per heavy atom. The van der Waals surface area contributed by atoms with Crippen molar-refractivity contribution < 1.29 is 29.0 Å². The van der Waals surface area contributed by atoms with Gasteiger partial charge in [-0.1, -0.05) is 89.4 Å². The Kier molecular flexibility index (Phi) is 8.33. The average molecular weight is 779 g/mol. The van der Waals surface area contributed by atoms with Gasteiger partial charge in [0.1, 0.15) is 11.5 Å². The van der Waals surface area contributed by atoms with Crippen molar-refractivity contribution in [2.75, 3.05) is 12.5 Å². The Bertz CT molecular complexity index is 2420. The minimum absolute atomic E-state index is 0.0195. The van der Waals surface area contributed by atoms with E-state index < -0.39 is 46.8 Å². The van der Waals surface area contributed by atoms with Gasteiger partial charge in [0.2, 0.25) is 11.8 Å². The highest BCUT2D eigenvalue weighted by Crippen LogP contribution is 2.65. The number of aromatic hydroxyl groups is 1. The number of thiophene rings is 1. The summed E-state index contributed by atoms with van der Waals surface area (Å²) in [4.78, 5) is 61.2. The largest absolute Gasteiger partial charge is 0.507 e. The number of benzene rings is 4. The van der Waals surface area contributed by atoms with Crippen LogP contribution in [0.4, 0.5) is 5.69 Å². The molecule has 3 heterocycles. The van der Waals surface area contributed by atoms with Crippen LogP contribution in [0.5, 0.6) is 11.5 Å². The van der Waals surface area contributed by atoms with Crippen LogP contribution in [0.25, 0.3) is 10.8 Å². The van der Waals surface area contributed by atoms with Crippen molar-refractivity contribution in [2.45, 2.75) is 30.7 Å². The number of likely N-dealkylation sites (tertiary alicyclic amines) is 1. The third-order valence-corrected chi connectivity index (χ3v) is 13.2. The van der Waals surface area contributed by atoms with Crippen molar-refractivity contribution in [3.05, 3.63) is 134 Å². The van der Waals surface area contributed by atoms with Crippen LogP contribution in [-0.2, 0) is 31.1 Å². The van der Waals surface area contributed by atoms with Crippen LogP contribution in [0.1, 0.15) is 34.8 Å². The minimum Gasteiger partial charge on any atom is -0.507 e. The van der Waals surface area contributed by atoms with Crippen LogP contribution in [-0.4, -0.2) is 45.8 Å². The number of hydrazine groups is 1. The molecule has 0 radical (unpaired) electrons. The van der Waals surface area contributed by atoms with Crippen LogP contribution in [0.15, 0.2) is 108 Å². The number of nitrogens with one attached hydrogen (secondary N) is 1. The van der Waals surface area contributed by atoms with E-state index in [1.807, 2.05) is 60.0 Å². The number of imide groups is 2. The predicted octanol–water partition coefficient (Wildman–Crippen LogP) is 8.11. The summed E-state index contributed by atoms with van der Waals surface area (Å²) < 4.78 is 5.49. The lowest BCUT2D eigenvalue weighted by Crippen LogP contribution is -2.53. The first kappa shape index (κ1) is 34.6. The maximum absolute atomic E-state index is 15.5. The Labute approximate surface area is 324 Å². The molecule has 2 aliphatic carbocycles. The first-order valence-electron chi connectivity index (χ1n) is 17.7. The Morgan fingerprint density at radius 2 is 1.70 bits per heavy atom. The number of phenols is 1. The summed E-state index contributed by atoms with van der Waals surface area (Å²) in [6.45, 7) is 0.176. The van der Waals surface area contributed by atoms with Gasteiger partial charge in [-0.2, -0.15) is 5.01 Å². The third kappa shape index (κ3) is 5.03. The van der Waals surface area contributed by atoms with Crippen molar-refractivity contribution in [3.63, 3.8) is 0 Å². The number of nitrogens with zero attached hydrogens (tertiary/aromatic N) is 2. The number of ether oxygens (including phenoxy) is 1. The number of fused-ring (bicyclic) bond motifs is 5. The average Bonchev–Trinajstić information content (AvgIpc) is 3.84. The molecule has 2 saturated heterocycles. The van der Waals surface area contributed by atoms with Gasteiger partial charge in [-0.15, -0.1) is 11.3 Å². The van der Waals surface area contributed by atoms with Crippen molar-refractivity contribution in [3.8, 4) is 11.5 Å². The molecule has 4 aliphatic rings. The lowest BCUT2D eigenvalue weighted by atomic mass is 9.49. The number of carbonyl (C=O) groups excluding carboxylic acids is 4. The van der Waals surface area contributed by atoms with Crippen LogP contribution < -0.4 is 10.2 Å². The molecular weight excluding hydrogens is 745 g/mol. The quantitative estimate of drug-likeness (QED) is 0.127. The number of phenolic OH excluding ortho intramolecular Hbond substituents is 1. The van der Waals surface area contributed by atoms with Crippen LogP contribution in [0, 0.1) is 23.7 Å². The zero-order valence-corrected chi connectivity index (χ0v) is 31.2. The molecule has 0 spiro atoms. The van der Waals surface area contributed by atoms with Gasteiger partial charge in [-0.3, -0.25) is 29.5 Å². The highest BCUT2D eigenvalue weighted by Gasteiger charge is 2.70. The van der Waals surface area contributed by atoms with E-state index in [0.717, 1.165) is 20.8 Å². The molecule has 5 aromatic rings. The van der Waals surface area contributed by atoms with E-state index in [1.165, 1.54) is 22.3 Å². The zero-order chi connectivity index (χ0) is 37.5. The molecule has 9 rings (SSSR count). The minimum atomic E-state index is -1.59. The molecule has 12 heteroatoms. The molecule has 3 fully saturated rings. The molecule has 54 heavy (non-hydrogen) atoms. The molecule has 2 aliphatic heterocycles. The second-order valence-corrected chi connectivity index (χ2v) is 16.2. The number of hydrogen-bond donors (Lipinski definition) is 2. The molecule has 9 nitrogen and oxygen atoms in total. The van der Waals surface area contributed by atoms with Gasteiger partial charge < -0.3 is 9.84 Å². The molecule has 1 aromatic heterocycles. The summed E-state index contributed by atoms with van der Waals surface area (Å²) >= 11 is 14.2. The Morgan fingerprint density at radius 3 is 2.44 bits per heavy atom. The fourth-order valence-electron chi connectivity index (χ4n) is 9.47. The molecule has 6 unspecified atom stereocenters. The van der Waals surface area contributed by atoms with E-state index in [4.69, 9.17) is 27.9 Å². The lowest BCUT2D eigenvalue weighted by molar-refractivity contribution is -0.141. The van der Waals surface area contributed by atoms with Gasteiger partial charge in [0, 0.05) is 26.8 Å². The van der Waals surface area contributed by atoms with Gasteiger partial charge in [0.25, 0.3) is 11.8 Å². The predicted molar refractivity (Wildman–Crippen MR) is 206 cm³/mol. The molecule has 0 bridgehead atoms. The summed E-state index contributed by atoms with van der Waals surface area (Å²) in [6.07, 6.45) is 2.38. The number of halogens is 2. The second kappa shape index (κ2) is 13.0. The van der Waals surface area contributed by atoms with Crippen LogP contribution in [0.2, 0.25) is 10.0 Å². The number of rotatable bonds is 7. The lowest BCUT2D eigenvalue weighted by Gasteiger charge is -2.50. The summed E-state index contributed by atoms with van der Waals surface area (Å²) in [7, 11) is 1.55. The number of carbonyl (C=O) groups is 4. The Hall–Kier alpha value is -5.16. The van der Waals surface area contributed by atoms with Crippen molar-refractivity contribution in [1.82, 2.24) is 9.91 Å². The van der Waals surface area contributed by atoms with E-state index in [-0.39, 0.29) is 42.0 Å². The van der Waals surface area contributed by atoms with E-state index >= 15 is 9.59 Å². The SMILES string of the molecule is COc1ccc(C23C(=O)N(Nc4ccc(Cl)cc4Cl)C(=O)C2CC2C(=CCC4C(=O)N(Cc5cccs5)C(=O)C42)C3c2ccc3ccccc3c2O)cc1. The van der Waals surface area contributed by atoms with Crippen molar-refractivity contribution in [1.29, 1.82) is 0 Å². The van der Waals surface area contributed by atoms with Crippen LogP contribution in [0.3, 0.4) is 0 Å². The summed E-state index contributed by atoms with van der Waals surface area (Å²) in [5.41, 5.74) is 3.46. The molecule has 1 saturated carbocycles. The fourth-order valence-corrected chi connectivity index (χ4v) is 10.6. The van der Waals surface area contributed by atoms with Gasteiger partial charge >= 0.3 is 0 Å². The normalized spacial score (nSPS) is 26.1. The van der Waals surface area contributed by atoms with Crippen molar-refractivity contribution >= 4 is 74.6 Å². The number of amides is 4. The van der Waals surface area contributed by atoms with Crippen LogP contribution >= 0.6 is 34.5 Å². The van der Waals surface area contributed by atoms with E-state index in [2.05, 4.69) is 5.43 Å². The monoisotopic (exact) mass is 777 g/mol. The molecular formula is C42H33Cl2N3O6S. The highest BCUT2D eigenvalue weighted by atomic mass is 35.5. The summed E-state index contributed by atoms with van der Waals surface area (Å²) in [5, 5.41) is 17.1. The van der Waals surface area contributed by atoms with E-state index in [0.29, 0.717) is 33.0 Å². The highest BCUT2D eigenvalue weighted by molar-refractivity contribution is 7.09. The summed E-state index contributed by atoms with van der Waals surface area (Å²) in [5.74, 6) is -4.88. The third-order valence-electron chi connectivity index (χ3n) is 11.8. The van der Waals surface area contributed by atoms with Gasteiger partial charge in [0.15, 0.2) is 0 Å². The molecule has 4 amide bonds. The molecule has 2 N–H and O–H groups in total. The van der Waals surface area contributed by atoms with Gasteiger partial charge in [0.05, 0.1) is 47.5 Å². The fraction of sp³-hybridized carbons (Fsp3) is 0.238.